The molecule has 9 heteroatoms. The van der Waals surface area contributed by atoms with Gasteiger partial charge in [-0.3, -0.25) is 9.89 Å². The summed E-state index contributed by atoms with van der Waals surface area (Å²) in [4.78, 5) is 18.2. The van der Waals surface area contributed by atoms with E-state index in [0.717, 1.165) is 26.7 Å². The first-order valence-corrected chi connectivity index (χ1v) is 10.7. The SMILES string of the molecule is Cc1nc(-c2ccccc2Cl)sc1CNC(=O)c1cc(-c2ccc3c(c2)OCO3)n[nH]1. The quantitative estimate of drug-likeness (QED) is 0.453. The van der Waals surface area contributed by atoms with Gasteiger partial charge >= 0.3 is 0 Å². The van der Waals surface area contributed by atoms with Crippen LogP contribution >= 0.6 is 22.9 Å². The molecule has 1 amide bonds. The third-order valence-electron chi connectivity index (χ3n) is 4.90. The lowest BCUT2D eigenvalue weighted by Crippen LogP contribution is -2.23. The lowest BCUT2D eigenvalue weighted by atomic mass is 10.1. The first-order valence-electron chi connectivity index (χ1n) is 9.53. The Morgan fingerprint density at radius 3 is 2.90 bits per heavy atom. The maximum Gasteiger partial charge on any atom is 0.269 e. The number of hydrogen-bond acceptors (Lipinski definition) is 6. The average Bonchev–Trinajstić information content (AvgIpc) is 3.51. The molecule has 2 aromatic heterocycles. The fourth-order valence-corrected chi connectivity index (χ4v) is 4.56. The van der Waals surface area contributed by atoms with E-state index < -0.39 is 0 Å². The van der Waals surface area contributed by atoms with Gasteiger partial charge in [0.25, 0.3) is 5.91 Å². The van der Waals surface area contributed by atoms with Crippen LogP contribution in [0.15, 0.2) is 48.5 Å². The van der Waals surface area contributed by atoms with Crippen LogP contribution in [0.1, 0.15) is 21.1 Å². The van der Waals surface area contributed by atoms with Gasteiger partial charge in [0, 0.05) is 16.0 Å². The summed E-state index contributed by atoms with van der Waals surface area (Å²) in [5, 5.41) is 11.5. The summed E-state index contributed by atoms with van der Waals surface area (Å²) >= 11 is 7.80. The van der Waals surface area contributed by atoms with Gasteiger partial charge in [0.15, 0.2) is 11.5 Å². The van der Waals surface area contributed by atoms with Crippen molar-refractivity contribution < 1.29 is 14.3 Å². The molecule has 2 aromatic carbocycles. The van der Waals surface area contributed by atoms with Crippen molar-refractivity contribution in [3.05, 3.63) is 69.8 Å². The number of aromatic amines is 1. The number of benzene rings is 2. The number of fused-ring (bicyclic) bond motifs is 1. The molecule has 156 valence electrons. The third kappa shape index (κ3) is 3.87. The molecule has 0 radical (unpaired) electrons. The zero-order valence-electron chi connectivity index (χ0n) is 16.4. The number of H-pyrrole nitrogens is 1. The molecule has 4 aromatic rings. The van der Waals surface area contributed by atoms with Crippen LogP contribution < -0.4 is 14.8 Å². The fourth-order valence-electron chi connectivity index (χ4n) is 3.24. The highest BCUT2D eigenvalue weighted by atomic mass is 35.5. The topological polar surface area (TPSA) is 89.1 Å². The highest BCUT2D eigenvalue weighted by molar-refractivity contribution is 7.15. The van der Waals surface area contributed by atoms with Gasteiger partial charge in [-0.05, 0) is 37.3 Å². The minimum absolute atomic E-state index is 0.211. The van der Waals surface area contributed by atoms with Crippen molar-refractivity contribution in [2.75, 3.05) is 6.79 Å². The molecule has 0 aliphatic carbocycles. The Bertz CT molecular complexity index is 1280. The van der Waals surface area contributed by atoms with E-state index in [4.69, 9.17) is 21.1 Å². The number of ether oxygens (including phenoxy) is 2. The van der Waals surface area contributed by atoms with Crippen molar-refractivity contribution in [2.24, 2.45) is 0 Å². The van der Waals surface area contributed by atoms with Gasteiger partial charge in [-0.25, -0.2) is 4.98 Å². The molecular formula is C22H17ClN4O3S. The van der Waals surface area contributed by atoms with Crippen molar-refractivity contribution in [1.29, 1.82) is 0 Å². The molecule has 5 rings (SSSR count). The molecule has 31 heavy (non-hydrogen) atoms. The Morgan fingerprint density at radius 2 is 2.03 bits per heavy atom. The van der Waals surface area contributed by atoms with Gasteiger partial charge < -0.3 is 14.8 Å². The van der Waals surface area contributed by atoms with E-state index in [2.05, 4.69) is 20.5 Å². The number of nitrogens with zero attached hydrogens (tertiary/aromatic N) is 2. The Balaban J connectivity index is 1.28. The second-order valence-corrected chi connectivity index (χ2v) is 8.42. The number of thiazole rings is 1. The van der Waals surface area contributed by atoms with Gasteiger partial charge in [0.05, 0.1) is 23.0 Å². The summed E-state index contributed by atoms with van der Waals surface area (Å²) in [6, 6.07) is 14.8. The second-order valence-electron chi connectivity index (χ2n) is 6.93. The van der Waals surface area contributed by atoms with Crippen LogP contribution in [-0.2, 0) is 6.54 Å². The molecule has 0 atom stereocenters. The molecule has 7 nitrogen and oxygen atoms in total. The highest BCUT2D eigenvalue weighted by Crippen LogP contribution is 2.35. The average molecular weight is 453 g/mol. The van der Waals surface area contributed by atoms with Crippen LogP contribution in [0.2, 0.25) is 5.02 Å². The normalized spacial score (nSPS) is 12.2. The Morgan fingerprint density at radius 1 is 1.19 bits per heavy atom. The Hall–Kier alpha value is -3.36. The maximum atomic E-state index is 12.6. The number of hydrogen-bond donors (Lipinski definition) is 2. The molecule has 0 saturated heterocycles. The number of nitrogens with one attached hydrogen (secondary N) is 2. The number of amides is 1. The summed E-state index contributed by atoms with van der Waals surface area (Å²) in [5.41, 5.74) is 3.62. The van der Waals surface area contributed by atoms with Crippen LogP contribution in [0.25, 0.3) is 21.8 Å². The van der Waals surface area contributed by atoms with Crippen molar-refractivity contribution in [1.82, 2.24) is 20.5 Å². The lowest BCUT2D eigenvalue weighted by molar-refractivity contribution is 0.0946. The molecule has 3 heterocycles. The minimum atomic E-state index is -0.244. The Kier molecular flexibility index (Phi) is 5.09. The van der Waals surface area contributed by atoms with Gasteiger partial charge in [-0.15, -0.1) is 11.3 Å². The molecule has 0 unspecified atom stereocenters. The fraction of sp³-hybridized carbons (Fsp3) is 0.136. The number of halogens is 1. The largest absolute Gasteiger partial charge is 0.454 e. The predicted molar refractivity (Wildman–Crippen MR) is 119 cm³/mol. The van der Waals surface area contributed by atoms with Gasteiger partial charge in [-0.2, -0.15) is 5.10 Å². The predicted octanol–water partition coefficient (Wildman–Crippen LogP) is 4.82. The van der Waals surface area contributed by atoms with E-state index >= 15 is 0 Å². The lowest BCUT2D eigenvalue weighted by Gasteiger charge is -2.02. The van der Waals surface area contributed by atoms with Gasteiger partial charge in [-0.1, -0.05) is 29.8 Å². The van der Waals surface area contributed by atoms with E-state index in [0.29, 0.717) is 34.5 Å². The van der Waals surface area contributed by atoms with E-state index in [1.165, 1.54) is 11.3 Å². The number of carbonyl (C=O) groups excluding carboxylic acids is 1. The van der Waals surface area contributed by atoms with Crippen molar-refractivity contribution in [3.63, 3.8) is 0 Å². The Labute approximate surface area is 187 Å². The molecule has 0 spiro atoms. The first kappa shape index (κ1) is 19.6. The first-order chi connectivity index (χ1) is 15.1. The summed E-state index contributed by atoms with van der Waals surface area (Å²) in [7, 11) is 0. The van der Waals surface area contributed by atoms with Crippen molar-refractivity contribution in [2.45, 2.75) is 13.5 Å². The monoisotopic (exact) mass is 452 g/mol. The molecule has 0 bridgehead atoms. The zero-order valence-corrected chi connectivity index (χ0v) is 18.0. The zero-order chi connectivity index (χ0) is 21.4. The van der Waals surface area contributed by atoms with E-state index in [1.807, 2.05) is 49.4 Å². The van der Waals surface area contributed by atoms with E-state index in [9.17, 15) is 4.79 Å². The van der Waals surface area contributed by atoms with Crippen LogP contribution in [0, 0.1) is 6.92 Å². The molecule has 2 N–H and O–H groups in total. The molecule has 1 aliphatic heterocycles. The number of aromatic nitrogens is 3. The standard InChI is InChI=1S/C22H17ClN4O3S/c1-12-20(31-22(25-12)14-4-2-3-5-15(14)23)10-24-21(28)17-9-16(26-27-17)13-6-7-18-19(8-13)30-11-29-18/h2-9H,10-11H2,1H3,(H,24,28)(H,26,27). The smallest absolute Gasteiger partial charge is 0.269 e. The van der Waals surface area contributed by atoms with Crippen molar-refractivity contribution in [3.8, 4) is 33.3 Å². The maximum absolute atomic E-state index is 12.6. The van der Waals surface area contributed by atoms with Crippen molar-refractivity contribution >= 4 is 28.8 Å². The molecule has 0 fully saturated rings. The van der Waals surface area contributed by atoms with Crippen LogP contribution in [0.5, 0.6) is 11.5 Å². The van der Waals surface area contributed by atoms with Crippen LogP contribution in [0.4, 0.5) is 0 Å². The van der Waals surface area contributed by atoms with E-state index in [1.54, 1.807) is 6.07 Å². The summed E-state index contributed by atoms with van der Waals surface area (Å²) < 4.78 is 10.7. The number of carbonyl (C=O) groups is 1. The summed E-state index contributed by atoms with van der Waals surface area (Å²) in [5.74, 6) is 1.13. The molecule has 0 saturated carbocycles. The van der Waals surface area contributed by atoms with Gasteiger partial charge in [0.2, 0.25) is 6.79 Å². The summed E-state index contributed by atoms with van der Waals surface area (Å²) in [6.45, 7) is 2.50. The number of rotatable bonds is 5. The molecular weight excluding hydrogens is 436 g/mol. The molecule has 1 aliphatic rings. The third-order valence-corrected chi connectivity index (χ3v) is 6.42. The minimum Gasteiger partial charge on any atom is -0.454 e. The summed E-state index contributed by atoms with van der Waals surface area (Å²) in [6.07, 6.45) is 0. The highest BCUT2D eigenvalue weighted by Gasteiger charge is 2.17. The van der Waals surface area contributed by atoms with Crippen LogP contribution in [-0.4, -0.2) is 27.9 Å². The number of aryl methyl sites for hydroxylation is 1. The van der Waals surface area contributed by atoms with Crippen LogP contribution in [0.3, 0.4) is 0 Å². The van der Waals surface area contributed by atoms with E-state index in [-0.39, 0.29) is 12.7 Å². The van der Waals surface area contributed by atoms with Gasteiger partial charge in [0.1, 0.15) is 10.7 Å². The second kappa shape index (κ2) is 8.05.